The van der Waals surface area contributed by atoms with Gasteiger partial charge >= 0.3 is 0 Å². The van der Waals surface area contributed by atoms with Gasteiger partial charge in [0.25, 0.3) is 5.91 Å². The number of hydrogen-bond donors (Lipinski definition) is 1. The highest BCUT2D eigenvalue weighted by atomic mass is 35.5. The molecule has 0 radical (unpaired) electrons. The number of piperidine rings is 1. The molecule has 1 aromatic carbocycles. The van der Waals surface area contributed by atoms with Gasteiger partial charge in [-0.2, -0.15) is 0 Å². The summed E-state index contributed by atoms with van der Waals surface area (Å²) < 4.78 is 13.9. The van der Waals surface area contributed by atoms with Crippen molar-refractivity contribution in [2.45, 2.75) is 25.4 Å². The zero-order valence-corrected chi connectivity index (χ0v) is 13.6. The maximum absolute atomic E-state index is 13.9. The molecule has 2 N–H and O–H groups in total. The lowest BCUT2D eigenvalue weighted by atomic mass is 9.95. The number of rotatable bonds is 3. The Morgan fingerprint density at radius 1 is 1.33 bits per heavy atom. The summed E-state index contributed by atoms with van der Waals surface area (Å²) in [7, 11) is 0. The molecule has 1 aromatic rings. The van der Waals surface area contributed by atoms with Crippen molar-refractivity contribution >= 4 is 29.1 Å². The largest absolute Gasteiger partial charge is 0.382 e. The van der Waals surface area contributed by atoms with Gasteiger partial charge in [-0.3, -0.25) is 9.59 Å². The summed E-state index contributed by atoms with van der Waals surface area (Å²) in [6, 6.07) is 4.35. The Balaban J connectivity index is 1.63. The zero-order valence-electron chi connectivity index (χ0n) is 12.9. The molecule has 0 aliphatic carbocycles. The first kappa shape index (κ1) is 16.7. The van der Waals surface area contributed by atoms with Crippen molar-refractivity contribution in [1.82, 2.24) is 4.90 Å². The van der Waals surface area contributed by atoms with Crippen LogP contribution in [0.4, 0.5) is 4.39 Å². The van der Waals surface area contributed by atoms with E-state index in [9.17, 15) is 14.0 Å². The van der Waals surface area contributed by atoms with Gasteiger partial charge in [-0.05, 0) is 25.0 Å². The van der Waals surface area contributed by atoms with Crippen molar-refractivity contribution in [2.75, 3.05) is 13.1 Å². The molecule has 8 heteroatoms. The Labute approximate surface area is 143 Å². The van der Waals surface area contributed by atoms with E-state index in [2.05, 4.69) is 5.16 Å². The number of benzene rings is 1. The van der Waals surface area contributed by atoms with Gasteiger partial charge in [0.05, 0.1) is 16.3 Å². The SMILES string of the molecule is NC(=O)C1CCN(C(=O)[C@H]2CC(c3c(F)cccc3Cl)=NO2)CC1. The number of halogens is 2. The Morgan fingerprint density at radius 3 is 2.67 bits per heavy atom. The molecule has 0 bridgehead atoms. The highest BCUT2D eigenvalue weighted by Crippen LogP contribution is 2.27. The van der Waals surface area contributed by atoms with E-state index in [0.717, 1.165) is 0 Å². The van der Waals surface area contributed by atoms with Crippen LogP contribution >= 0.6 is 11.6 Å². The van der Waals surface area contributed by atoms with Crippen LogP contribution < -0.4 is 5.73 Å². The van der Waals surface area contributed by atoms with Crippen molar-refractivity contribution in [1.29, 1.82) is 0 Å². The maximum Gasteiger partial charge on any atom is 0.266 e. The van der Waals surface area contributed by atoms with E-state index in [1.165, 1.54) is 12.1 Å². The summed E-state index contributed by atoms with van der Waals surface area (Å²) in [4.78, 5) is 30.5. The van der Waals surface area contributed by atoms with Gasteiger partial charge in [0.15, 0.2) is 0 Å². The first-order valence-corrected chi connectivity index (χ1v) is 8.10. The van der Waals surface area contributed by atoms with Crippen LogP contribution in [-0.4, -0.2) is 41.6 Å². The smallest absolute Gasteiger partial charge is 0.266 e. The monoisotopic (exact) mass is 353 g/mol. The fraction of sp³-hybridized carbons (Fsp3) is 0.438. The minimum Gasteiger partial charge on any atom is -0.382 e. The standard InChI is InChI=1S/C16H17ClFN3O3/c17-10-2-1-3-11(18)14(10)12-8-13(24-20-12)16(23)21-6-4-9(5-7-21)15(19)22/h1-3,9,13H,4-8H2,(H2,19,22)/t13-/m1/s1. The summed E-state index contributed by atoms with van der Waals surface area (Å²) >= 11 is 6.02. The number of primary amides is 1. The molecule has 0 aromatic heterocycles. The first-order chi connectivity index (χ1) is 11.5. The normalized spacial score (nSPS) is 21.3. The lowest BCUT2D eigenvalue weighted by molar-refractivity contribution is -0.144. The lowest BCUT2D eigenvalue weighted by Gasteiger charge is -2.31. The summed E-state index contributed by atoms with van der Waals surface area (Å²) in [5.41, 5.74) is 5.78. The van der Waals surface area contributed by atoms with E-state index in [1.807, 2.05) is 0 Å². The second-order valence-electron chi connectivity index (χ2n) is 5.93. The van der Waals surface area contributed by atoms with Crippen LogP contribution in [0.1, 0.15) is 24.8 Å². The molecular formula is C16H17ClFN3O3. The molecule has 3 rings (SSSR count). The van der Waals surface area contributed by atoms with Crippen LogP contribution in [0, 0.1) is 11.7 Å². The minimum absolute atomic E-state index is 0.162. The molecule has 2 aliphatic heterocycles. The molecule has 0 spiro atoms. The quantitative estimate of drug-likeness (QED) is 0.897. The van der Waals surface area contributed by atoms with E-state index in [-0.39, 0.29) is 34.7 Å². The van der Waals surface area contributed by atoms with E-state index < -0.39 is 11.9 Å². The molecule has 128 valence electrons. The highest BCUT2D eigenvalue weighted by molar-refractivity contribution is 6.34. The lowest BCUT2D eigenvalue weighted by Crippen LogP contribution is -2.45. The van der Waals surface area contributed by atoms with Gasteiger partial charge in [-0.1, -0.05) is 22.8 Å². The Morgan fingerprint density at radius 2 is 2.04 bits per heavy atom. The van der Waals surface area contributed by atoms with Crippen molar-refractivity contribution in [3.8, 4) is 0 Å². The van der Waals surface area contributed by atoms with Gasteiger partial charge in [-0.25, -0.2) is 4.39 Å². The number of carbonyl (C=O) groups excluding carboxylic acids is 2. The molecule has 1 atom stereocenters. The average molecular weight is 354 g/mol. The first-order valence-electron chi connectivity index (χ1n) is 7.72. The molecule has 24 heavy (non-hydrogen) atoms. The van der Waals surface area contributed by atoms with Gasteiger partial charge in [0.2, 0.25) is 12.0 Å². The van der Waals surface area contributed by atoms with Crippen molar-refractivity contribution in [3.05, 3.63) is 34.6 Å². The Kier molecular flexibility index (Phi) is 4.71. The summed E-state index contributed by atoms with van der Waals surface area (Å²) in [5, 5.41) is 4.07. The van der Waals surface area contributed by atoms with Crippen molar-refractivity contribution in [3.63, 3.8) is 0 Å². The summed E-state index contributed by atoms with van der Waals surface area (Å²) in [6.07, 6.45) is 0.456. The van der Waals surface area contributed by atoms with E-state index in [0.29, 0.717) is 31.6 Å². The number of nitrogens with two attached hydrogens (primary N) is 1. The number of nitrogens with zero attached hydrogens (tertiary/aromatic N) is 2. The number of oxime groups is 1. The number of hydrogen-bond acceptors (Lipinski definition) is 4. The van der Waals surface area contributed by atoms with Crippen LogP contribution in [0.3, 0.4) is 0 Å². The second-order valence-corrected chi connectivity index (χ2v) is 6.34. The second kappa shape index (κ2) is 6.76. The van der Waals surface area contributed by atoms with E-state index in [1.54, 1.807) is 11.0 Å². The molecule has 2 aliphatic rings. The highest BCUT2D eigenvalue weighted by Gasteiger charge is 2.36. The Hall–Kier alpha value is -2.15. The van der Waals surface area contributed by atoms with Gasteiger partial charge in [-0.15, -0.1) is 0 Å². The van der Waals surface area contributed by atoms with Gasteiger partial charge in [0, 0.05) is 25.4 Å². The maximum atomic E-state index is 13.9. The van der Waals surface area contributed by atoms with Crippen LogP contribution in [0.25, 0.3) is 0 Å². The molecule has 6 nitrogen and oxygen atoms in total. The van der Waals surface area contributed by atoms with Crippen LogP contribution in [0.2, 0.25) is 5.02 Å². The fourth-order valence-corrected chi connectivity index (χ4v) is 3.29. The van der Waals surface area contributed by atoms with Crippen LogP contribution in [0.5, 0.6) is 0 Å². The molecule has 0 unspecified atom stereocenters. The molecule has 1 fully saturated rings. The van der Waals surface area contributed by atoms with E-state index >= 15 is 0 Å². The van der Waals surface area contributed by atoms with Crippen LogP contribution in [0.15, 0.2) is 23.4 Å². The fourth-order valence-electron chi connectivity index (χ4n) is 3.02. The molecular weight excluding hydrogens is 337 g/mol. The molecule has 1 saturated heterocycles. The van der Waals surface area contributed by atoms with Crippen molar-refractivity contribution in [2.24, 2.45) is 16.8 Å². The number of likely N-dealkylation sites (tertiary alicyclic amines) is 1. The predicted molar refractivity (Wildman–Crippen MR) is 85.9 cm³/mol. The molecule has 0 saturated carbocycles. The molecule has 2 amide bonds. The molecule has 2 heterocycles. The van der Waals surface area contributed by atoms with Gasteiger partial charge < -0.3 is 15.5 Å². The average Bonchev–Trinajstić information content (AvgIpc) is 3.03. The third-order valence-corrected chi connectivity index (χ3v) is 4.72. The Bertz CT molecular complexity index is 682. The minimum atomic E-state index is -0.791. The summed E-state index contributed by atoms with van der Waals surface area (Å²) in [6.45, 7) is 0.893. The topological polar surface area (TPSA) is 85.0 Å². The van der Waals surface area contributed by atoms with Gasteiger partial charge in [0.1, 0.15) is 5.82 Å². The zero-order chi connectivity index (χ0) is 17.3. The number of amides is 2. The van der Waals surface area contributed by atoms with E-state index in [4.69, 9.17) is 22.2 Å². The summed E-state index contributed by atoms with van der Waals surface area (Å²) in [5.74, 6) is -1.24. The van der Waals surface area contributed by atoms with Crippen LogP contribution in [-0.2, 0) is 14.4 Å². The van der Waals surface area contributed by atoms with Crippen molar-refractivity contribution < 1.29 is 18.8 Å². The number of carbonyl (C=O) groups is 2. The third kappa shape index (κ3) is 3.21. The predicted octanol–water partition coefficient (Wildman–Crippen LogP) is 1.70. The third-order valence-electron chi connectivity index (χ3n) is 4.40.